The van der Waals surface area contributed by atoms with E-state index < -0.39 is 24.6 Å². The Kier molecular flexibility index (Phi) is 6.34. The van der Waals surface area contributed by atoms with Crippen molar-refractivity contribution < 1.29 is 28.5 Å². The van der Waals surface area contributed by atoms with Crippen molar-refractivity contribution in [3.63, 3.8) is 0 Å². The van der Waals surface area contributed by atoms with Crippen LogP contribution >= 0.6 is 0 Å². The summed E-state index contributed by atoms with van der Waals surface area (Å²) in [7, 11) is 1.60. The first-order valence-corrected chi connectivity index (χ1v) is 11.3. The molecule has 0 aliphatic carbocycles. The quantitative estimate of drug-likeness (QED) is 0.508. The topological polar surface area (TPSA) is 86.7 Å². The van der Waals surface area contributed by atoms with Crippen LogP contribution in [0.3, 0.4) is 0 Å². The van der Waals surface area contributed by atoms with E-state index in [1.54, 1.807) is 25.3 Å². The molecule has 8 heteroatoms. The second-order valence-electron chi connectivity index (χ2n) is 8.12. The summed E-state index contributed by atoms with van der Waals surface area (Å²) in [6.07, 6.45) is -0.413. The summed E-state index contributed by atoms with van der Waals surface area (Å²) in [5.41, 5.74) is 2.62. The van der Waals surface area contributed by atoms with Gasteiger partial charge in [-0.15, -0.1) is 0 Å². The van der Waals surface area contributed by atoms with E-state index in [1.807, 2.05) is 60.7 Å². The van der Waals surface area contributed by atoms with Crippen molar-refractivity contribution in [1.29, 1.82) is 0 Å². The number of carbonyl (C=O) groups is 2. The van der Waals surface area contributed by atoms with E-state index >= 15 is 0 Å². The maximum atomic E-state index is 13.2. The van der Waals surface area contributed by atoms with Crippen LogP contribution in [0.2, 0.25) is 0 Å². The summed E-state index contributed by atoms with van der Waals surface area (Å²) in [5, 5.41) is 5.99. The van der Waals surface area contributed by atoms with Gasteiger partial charge in [-0.2, -0.15) is 5.10 Å². The number of benzene rings is 3. The van der Waals surface area contributed by atoms with Gasteiger partial charge in [0.15, 0.2) is 18.1 Å². The highest BCUT2D eigenvalue weighted by Crippen LogP contribution is 2.34. The lowest BCUT2D eigenvalue weighted by Crippen LogP contribution is -2.40. The molecule has 178 valence electrons. The normalized spacial score (nSPS) is 18.5. The lowest BCUT2D eigenvalue weighted by Gasteiger charge is -2.25. The standard InChI is InChI=1S/C27H24N2O6/c1-32-20-13-11-19(12-14-20)22-15-21(18-7-3-2-4-8-18)28-29(22)26(30)17-34-27(31)25-16-33-23-9-5-6-10-24(23)35-25/h2-14,22,25H,15-17H2,1H3/t22-,25+/m1/s1. The molecular weight excluding hydrogens is 448 g/mol. The van der Waals surface area contributed by atoms with Gasteiger partial charge < -0.3 is 18.9 Å². The van der Waals surface area contributed by atoms with Crippen LogP contribution in [0.5, 0.6) is 17.2 Å². The number of rotatable bonds is 6. The molecule has 0 saturated carbocycles. The molecule has 2 heterocycles. The Hall–Kier alpha value is -4.33. The fourth-order valence-corrected chi connectivity index (χ4v) is 4.06. The molecule has 1 amide bonds. The van der Waals surface area contributed by atoms with E-state index in [1.165, 1.54) is 5.01 Å². The zero-order valence-electron chi connectivity index (χ0n) is 19.1. The Morgan fingerprint density at radius 2 is 1.69 bits per heavy atom. The predicted molar refractivity (Wildman–Crippen MR) is 127 cm³/mol. The van der Waals surface area contributed by atoms with Crippen molar-refractivity contribution >= 4 is 17.6 Å². The summed E-state index contributed by atoms with van der Waals surface area (Å²) in [6, 6.07) is 23.9. The minimum atomic E-state index is -0.947. The number of para-hydroxylation sites is 2. The van der Waals surface area contributed by atoms with Gasteiger partial charge >= 0.3 is 5.97 Å². The van der Waals surface area contributed by atoms with Crippen LogP contribution in [-0.4, -0.2) is 49.0 Å². The maximum Gasteiger partial charge on any atom is 0.351 e. The summed E-state index contributed by atoms with van der Waals surface area (Å²) < 4.78 is 21.8. The molecule has 5 rings (SSSR count). The Morgan fingerprint density at radius 3 is 2.43 bits per heavy atom. The summed E-state index contributed by atoms with van der Waals surface area (Å²) in [4.78, 5) is 25.7. The average Bonchev–Trinajstić information content (AvgIpc) is 3.37. The van der Waals surface area contributed by atoms with Crippen LogP contribution in [0.1, 0.15) is 23.6 Å². The van der Waals surface area contributed by atoms with E-state index in [0.29, 0.717) is 17.9 Å². The monoisotopic (exact) mass is 472 g/mol. The molecule has 0 spiro atoms. The van der Waals surface area contributed by atoms with E-state index in [4.69, 9.17) is 18.9 Å². The second kappa shape index (κ2) is 9.89. The van der Waals surface area contributed by atoms with Crippen molar-refractivity contribution in [1.82, 2.24) is 5.01 Å². The van der Waals surface area contributed by atoms with Gasteiger partial charge in [0, 0.05) is 6.42 Å². The minimum absolute atomic E-state index is 0.0124. The molecule has 3 aromatic carbocycles. The Balaban J connectivity index is 1.29. The highest BCUT2D eigenvalue weighted by atomic mass is 16.6. The molecular formula is C27H24N2O6. The Labute approximate surface area is 202 Å². The lowest BCUT2D eigenvalue weighted by molar-refractivity contribution is -0.160. The number of ether oxygens (including phenoxy) is 4. The molecule has 2 aliphatic heterocycles. The van der Waals surface area contributed by atoms with Gasteiger partial charge in [0.05, 0.1) is 18.9 Å². The number of hydrogen-bond donors (Lipinski definition) is 0. The first kappa shape index (κ1) is 22.5. The molecule has 0 fully saturated rings. The van der Waals surface area contributed by atoms with E-state index in [2.05, 4.69) is 5.10 Å². The number of hydrogen-bond acceptors (Lipinski definition) is 7. The zero-order chi connectivity index (χ0) is 24.2. The molecule has 0 aromatic heterocycles. The first-order valence-electron chi connectivity index (χ1n) is 11.3. The van der Waals surface area contributed by atoms with E-state index in [-0.39, 0.29) is 12.6 Å². The highest BCUT2D eigenvalue weighted by molar-refractivity contribution is 6.03. The number of nitrogens with zero attached hydrogens (tertiary/aromatic N) is 2. The van der Waals surface area contributed by atoms with Crippen LogP contribution < -0.4 is 14.2 Å². The maximum absolute atomic E-state index is 13.2. The van der Waals surface area contributed by atoms with Crippen LogP contribution in [0.25, 0.3) is 0 Å². The van der Waals surface area contributed by atoms with Crippen LogP contribution in [-0.2, 0) is 14.3 Å². The van der Waals surface area contributed by atoms with Gasteiger partial charge in [-0.05, 0) is 35.4 Å². The molecule has 0 saturated heterocycles. The van der Waals surface area contributed by atoms with Crippen molar-refractivity contribution in [3.8, 4) is 17.2 Å². The molecule has 0 bridgehead atoms. The second-order valence-corrected chi connectivity index (χ2v) is 8.12. The highest BCUT2D eigenvalue weighted by Gasteiger charge is 2.35. The third-order valence-corrected chi connectivity index (χ3v) is 5.88. The van der Waals surface area contributed by atoms with Gasteiger partial charge in [-0.1, -0.05) is 54.6 Å². The molecule has 2 aliphatic rings. The van der Waals surface area contributed by atoms with Gasteiger partial charge in [0.1, 0.15) is 12.4 Å². The summed E-state index contributed by atoms with van der Waals surface area (Å²) >= 11 is 0. The van der Waals surface area contributed by atoms with Crippen molar-refractivity contribution in [2.45, 2.75) is 18.6 Å². The van der Waals surface area contributed by atoms with E-state index in [9.17, 15) is 9.59 Å². The number of esters is 1. The van der Waals surface area contributed by atoms with Crippen molar-refractivity contribution in [2.24, 2.45) is 5.10 Å². The van der Waals surface area contributed by atoms with Crippen molar-refractivity contribution in [3.05, 3.63) is 90.0 Å². The van der Waals surface area contributed by atoms with Gasteiger partial charge in [-0.3, -0.25) is 4.79 Å². The van der Waals surface area contributed by atoms with Gasteiger partial charge in [-0.25, -0.2) is 9.80 Å². The third-order valence-electron chi connectivity index (χ3n) is 5.88. The minimum Gasteiger partial charge on any atom is -0.497 e. The molecule has 0 radical (unpaired) electrons. The largest absolute Gasteiger partial charge is 0.497 e. The fourth-order valence-electron chi connectivity index (χ4n) is 4.06. The number of amides is 1. The van der Waals surface area contributed by atoms with Crippen LogP contribution in [0.15, 0.2) is 84.0 Å². The molecule has 2 atom stereocenters. The summed E-state index contributed by atoms with van der Waals surface area (Å²) in [6.45, 7) is -0.447. The number of hydrazone groups is 1. The molecule has 3 aromatic rings. The number of fused-ring (bicyclic) bond motifs is 1. The smallest absolute Gasteiger partial charge is 0.351 e. The molecule has 0 N–H and O–H groups in total. The van der Waals surface area contributed by atoms with Crippen LogP contribution in [0.4, 0.5) is 0 Å². The average molecular weight is 472 g/mol. The van der Waals surface area contributed by atoms with Gasteiger partial charge in [0.25, 0.3) is 5.91 Å². The third kappa shape index (κ3) is 4.82. The van der Waals surface area contributed by atoms with Crippen molar-refractivity contribution in [2.75, 3.05) is 20.3 Å². The predicted octanol–water partition coefficient (Wildman–Crippen LogP) is 3.76. The summed E-state index contributed by atoms with van der Waals surface area (Å²) in [5.74, 6) is 0.652. The number of methoxy groups -OCH3 is 1. The zero-order valence-corrected chi connectivity index (χ0v) is 19.1. The lowest BCUT2D eigenvalue weighted by atomic mass is 9.98. The Bertz CT molecular complexity index is 1240. The molecule has 0 unspecified atom stereocenters. The SMILES string of the molecule is COc1ccc([C@H]2CC(c3ccccc3)=NN2C(=O)COC(=O)[C@@H]2COc3ccccc3O2)cc1. The van der Waals surface area contributed by atoms with Gasteiger partial charge in [0.2, 0.25) is 6.10 Å². The van der Waals surface area contributed by atoms with Crippen LogP contribution in [0, 0.1) is 0 Å². The molecule has 8 nitrogen and oxygen atoms in total. The van der Waals surface area contributed by atoms with E-state index in [0.717, 1.165) is 22.6 Å². The fraction of sp³-hybridized carbons (Fsp3) is 0.222. The first-order chi connectivity index (χ1) is 17.1. The Morgan fingerprint density at radius 1 is 0.971 bits per heavy atom. The number of carbonyl (C=O) groups excluding carboxylic acids is 2. The molecule has 35 heavy (non-hydrogen) atoms.